The van der Waals surface area contributed by atoms with Crippen LogP contribution in [0, 0.1) is 11.3 Å². The Morgan fingerprint density at radius 2 is 1.96 bits per heavy atom. The molecule has 1 N–H and O–H groups in total. The first-order chi connectivity index (χ1) is 13.6. The smallest absolute Gasteiger partial charge is 0.237 e. The van der Waals surface area contributed by atoms with E-state index in [1.54, 1.807) is 4.90 Å². The van der Waals surface area contributed by atoms with E-state index >= 15 is 0 Å². The third-order valence-electron chi connectivity index (χ3n) is 5.32. The van der Waals surface area contributed by atoms with Crippen molar-refractivity contribution in [2.45, 2.75) is 25.3 Å². The topological polar surface area (TPSA) is 79.7 Å². The number of likely N-dealkylation sites (tertiary alicyclic amines) is 1. The molecular weight excluding hydrogens is 378 g/mol. The van der Waals surface area contributed by atoms with Gasteiger partial charge in [0.15, 0.2) is 0 Å². The minimum Gasteiger partial charge on any atom is -0.368 e. The molecule has 1 aromatic rings. The van der Waals surface area contributed by atoms with Crippen molar-refractivity contribution in [2.75, 3.05) is 50.7 Å². The maximum atomic E-state index is 12.4. The zero-order valence-corrected chi connectivity index (χ0v) is 16.7. The number of anilines is 1. The Kier molecular flexibility index (Phi) is 7.12. The lowest BCUT2D eigenvalue weighted by atomic mass is 10.2. The number of hydrogen-bond acceptors (Lipinski definition) is 5. The molecule has 0 bridgehead atoms. The van der Waals surface area contributed by atoms with Crippen LogP contribution >= 0.6 is 11.6 Å². The summed E-state index contributed by atoms with van der Waals surface area (Å²) in [6.07, 6.45) is 2.00. The van der Waals surface area contributed by atoms with Gasteiger partial charge in [-0.05, 0) is 31.0 Å². The van der Waals surface area contributed by atoms with Gasteiger partial charge in [0.25, 0.3) is 0 Å². The zero-order valence-electron chi connectivity index (χ0n) is 15.9. The van der Waals surface area contributed by atoms with Gasteiger partial charge in [-0.3, -0.25) is 9.59 Å². The fourth-order valence-corrected chi connectivity index (χ4v) is 3.92. The summed E-state index contributed by atoms with van der Waals surface area (Å²) in [6.45, 7) is 4.21. The van der Waals surface area contributed by atoms with Crippen LogP contribution in [0.3, 0.4) is 0 Å². The molecule has 0 saturated carbocycles. The number of nitrogens with zero attached hydrogens (tertiary/aromatic N) is 4. The molecule has 2 heterocycles. The van der Waals surface area contributed by atoms with Gasteiger partial charge in [-0.15, -0.1) is 0 Å². The van der Waals surface area contributed by atoms with Gasteiger partial charge in [-0.25, -0.2) is 0 Å². The molecule has 1 atom stereocenters. The second-order valence-corrected chi connectivity index (χ2v) is 7.59. The van der Waals surface area contributed by atoms with Crippen molar-refractivity contribution in [1.29, 1.82) is 5.26 Å². The molecule has 2 amide bonds. The normalized spacial score (nSPS) is 19.6. The summed E-state index contributed by atoms with van der Waals surface area (Å²) in [7, 11) is 0. The molecule has 150 valence electrons. The van der Waals surface area contributed by atoms with Crippen molar-refractivity contribution in [1.82, 2.24) is 15.1 Å². The lowest BCUT2D eigenvalue weighted by Crippen LogP contribution is -2.49. The van der Waals surface area contributed by atoms with Gasteiger partial charge in [0, 0.05) is 56.4 Å². The van der Waals surface area contributed by atoms with Crippen LogP contribution in [0.25, 0.3) is 0 Å². The third-order valence-corrected chi connectivity index (χ3v) is 5.55. The largest absolute Gasteiger partial charge is 0.368 e. The minimum atomic E-state index is -0.299. The molecule has 28 heavy (non-hydrogen) atoms. The Hall–Kier alpha value is -2.30. The van der Waals surface area contributed by atoms with Crippen LogP contribution in [-0.2, 0) is 9.59 Å². The van der Waals surface area contributed by atoms with Crippen LogP contribution in [0.1, 0.15) is 19.3 Å². The number of nitriles is 1. The van der Waals surface area contributed by atoms with Crippen LogP contribution in [0.5, 0.6) is 0 Å². The predicted octanol–water partition coefficient (Wildman–Crippen LogP) is 1.48. The molecule has 8 heteroatoms. The number of carbonyl (C=O) groups is 2. The number of hydrogen-bond donors (Lipinski definition) is 1. The van der Waals surface area contributed by atoms with Gasteiger partial charge in [-0.1, -0.05) is 17.7 Å². The molecule has 0 spiro atoms. The molecule has 0 unspecified atom stereocenters. The Bertz CT molecular complexity index is 742. The van der Waals surface area contributed by atoms with E-state index in [1.807, 2.05) is 29.2 Å². The number of nitrogens with one attached hydrogen (secondary N) is 1. The summed E-state index contributed by atoms with van der Waals surface area (Å²) in [6, 6.07) is 9.63. The quantitative estimate of drug-likeness (QED) is 0.728. The van der Waals surface area contributed by atoms with Gasteiger partial charge in [-0.2, -0.15) is 5.26 Å². The van der Waals surface area contributed by atoms with Crippen LogP contribution in [0.4, 0.5) is 5.69 Å². The summed E-state index contributed by atoms with van der Waals surface area (Å²) in [5, 5.41) is 12.8. The summed E-state index contributed by atoms with van der Waals surface area (Å²) >= 11 is 6.05. The van der Waals surface area contributed by atoms with E-state index in [0.29, 0.717) is 37.6 Å². The van der Waals surface area contributed by atoms with E-state index < -0.39 is 0 Å². The van der Waals surface area contributed by atoms with E-state index in [1.165, 1.54) is 0 Å². The first kappa shape index (κ1) is 20.4. The molecule has 2 aliphatic heterocycles. The predicted molar refractivity (Wildman–Crippen MR) is 108 cm³/mol. The van der Waals surface area contributed by atoms with Crippen molar-refractivity contribution < 1.29 is 9.59 Å². The highest BCUT2D eigenvalue weighted by atomic mass is 35.5. The highest BCUT2D eigenvalue weighted by molar-refractivity contribution is 6.30. The second kappa shape index (κ2) is 9.76. The molecule has 2 fully saturated rings. The third kappa shape index (κ3) is 5.15. The maximum absolute atomic E-state index is 12.4. The number of amides is 2. The fourth-order valence-electron chi connectivity index (χ4n) is 3.74. The summed E-state index contributed by atoms with van der Waals surface area (Å²) < 4.78 is 0. The molecule has 0 aliphatic carbocycles. The van der Waals surface area contributed by atoms with Crippen LogP contribution < -0.4 is 10.2 Å². The number of rotatable bonds is 6. The van der Waals surface area contributed by atoms with E-state index in [4.69, 9.17) is 16.9 Å². The standard InChI is InChI=1S/C20H26ClN5O2/c21-16-3-1-4-17(13-16)24-9-11-25(12-10-24)19(27)6-7-23-15-20(28)26-8-2-5-18(26)14-22/h1,3-4,13,18,23H,2,5-12,15H2/t18-/m0/s1. The molecule has 1 aromatic carbocycles. The van der Waals surface area contributed by atoms with E-state index in [9.17, 15) is 9.59 Å². The van der Waals surface area contributed by atoms with Crippen molar-refractivity contribution in [3.05, 3.63) is 29.3 Å². The van der Waals surface area contributed by atoms with Crippen LogP contribution in [0.2, 0.25) is 5.02 Å². The highest BCUT2D eigenvalue weighted by Gasteiger charge is 2.28. The monoisotopic (exact) mass is 403 g/mol. The van der Waals surface area contributed by atoms with Gasteiger partial charge in [0.2, 0.25) is 11.8 Å². The minimum absolute atomic E-state index is 0.0633. The van der Waals surface area contributed by atoms with Crippen molar-refractivity contribution in [2.24, 2.45) is 0 Å². The number of piperazine rings is 1. The summed E-state index contributed by atoms with van der Waals surface area (Å²) in [5.41, 5.74) is 1.08. The van der Waals surface area contributed by atoms with E-state index in [-0.39, 0.29) is 24.4 Å². The molecule has 3 rings (SSSR count). The Balaban J connectivity index is 1.35. The molecule has 2 saturated heterocycles. The first-order valence-electron chi connectivity index (χ1n) is 9.76. The maximum Gasteiger partial charge on any atom is 0.237 e. The zero-order chi connectivity index (χ0) is 19.9. The second-order valence-electron chi connectivity index (χ2n) is 7.15. The van der Waals surface area contributed by atoms with Crippen LogP contribution in [-0.4, -0.2) is 73.5 Å². The summed E-state index contributed by atoms with van der Waals surface area (Å²) in [4.78, 5) is 30.3. The highest BCUT2D eigenvalue weighted by Crippen LogP contribution is 2.21. The summed E-state index contributed by atoms with van der Waals surface area (Å²) in [5.74, 6) is 0.0356. The van der Waals surface area contributed by atoms with E-state index in [0.717, 1.165) is 31.6 Å². The van der Waals surface area contributed by atoms with Crippen molar-refractivity contribution >= 4 is 29.1 Å². The average Bonchev–Trinajstić information content (AvgIpc) is 3.20. The number of benzene rings is 1. The van der Waals surface area contributed by atoms with Crippen molar-refractivity contribution in [3.63, 3.8) is 0 Å². The van der Waals surface area contributed by atoms with Gasteiger partial charge in [0.05, 0.1) is 12.6 Å². The lowest BCUT2D eigenvalue weighted by molar-refractivity contribution is -0.132. The van der Waals surface area contributed by atoms with Gasteiger partial charge < -0.3 is 20.0 Å². The Labute approximate surface area is 170 Å². The average molecular weight is 404 g/mol. The molecule has 0 aromatic heterocycles. The molecule has 7 nitrogen and oxygen atoms in total. The Morgan fingerprint density at radius 3 is 2.68 bits per heavy atom. The molecule has 2 aliphatic rings. The lowest BCUT2D eigenvalue weighted by Gasteiger charge is -2.36. The SMILES string of the molecule is N#C[C@@H]1CCCN1C(=O)CNCCC(=O)N1CCN(c2cccc(Cl)c2)CC1. The Morgan fingerprint density at radius 1 is 1.18 bits per heavy atom. The van der Waals surface area contributed by atoms with Gasteiger partial charge >= 0.3 is 0 Å². The van der Waals surface area contributed by atoms with Crippen LogP contribution in [0.15, 0.2) is 24.3 Å². The van der Waals surface area contributed by atoms with Gasteiger partial charge in [0.1, 0.15) is 6.04 Å². The first-order valence-corrected chi connectivity index (χ1v) is 10.1. The van der Waals surface area contributed by atoms with Crippen molar-refractivity contribution in [3.8, 4) is 6.07 Å². The number of halogens is 1. The number of carbonyl (C=O) groups excluding carboxylic acids is 2. The molecular formula is C20H26ClN5O2. The fraction of sp³-hybridized carbons (Fsp3) is 0.550. The molecule has 0 radical (unpaired) electrons. The van der Waals surface area contributed by atoms with E-state index in [2.05, 4.69) is 16.3 Å².